The molecule has 7 nitrogen and oxygen atoms in total. The molecule has 2 aromatic rings. The van der Waals surface area contributed by atoms with Crippen LogP contribution in [0.4, 0.5) is 8.78 Å². The summed E-state index contributed by atoms with van der Waals surface area (Å²) in [6.07, 6.45) is 3.81. The van der Waals surface area contributed by atoms with Crippen LogP contribution in [-0.4, -0.2) is 48.8 Å². The summed E-state index contributed by atoms with van der Waals surface area (Å²) in [6.45, 7) is -0.517. The second kappa shape index (κ2) is 10.7. The van der Waals surface area contributed by atoms with E-state index >= 15 is 0 Å². The molecule has 1 saturated carbocycles. The molecule has 182 valence electrons. The van der Waals surface area contributed by atoms with Crippen molar-refractivity contribution >= 4 is 43.3 Å². The second-order valence-electron chi connectivity index (χ2n) is 8.03. The number of alkyl halides is 2. The van der Waals surface area contributed by atoms with Crippen LogP contribution >= 0.6 is 27.5 Å². The SMILES string of the molecule is CCn1nc(C(=O)NC[C@H]2CC[C@@H](S(C)(=O)=O)CC2)c(Cl)c1-c1ccc(Br)cc1OC(F)F. The van der Waals surface area contributed by atoms with Gasteiger partial charge in [-0.15, -0.1) is 0 Å². The van der Waals surface area contributed by atoms with Crippen LogP contribution in [0.25, 0.3) is 11.3 Å². The van der Waals surface area contributed by atoms with Crippen LogP contribution in [0.3, 0.4) is 0 Å². The van der Waals surface area contributed by atoms with Gasteiger partial charge in [0.1, 0.15) is 15.6 Å². The van der Waals surface area contributed by atoms with Crippen LogP contribution in [0.2, 0.25) is 5.02 Å². The molecule has 1 aromatic carbocycles. The Morgan fingerprint density at radius 2 is 2.00 bits per heavy atom. The molecule has 12 heteroatoms. The number of rotatable bonds is 8. The lowest BCUT2D eigenvalue weighted by Crippen LogP contribution is -2.34. The Labute approximate surface area is 204 Å². The van der Waals surface area contributed by atoms with Gasteiger partial charge in [0, 0.05) is 29.4 Å². The lowest BCUT2D eigenvalue weighted by Gasteiger charge is -2.27. The number of hydrogen-bond acceptors (Lipinski definition) is 5. The number of aryl methyl sites for hydroxylation is 1. The number of carbonyl (C=O) groups is 1. The normalized spacial score (nSPS) is 19.0. The first-order valence-electron chi connectivity index (χ1n) is 10.5. The molecule has 0 bridgehead atoms. The topological polar surface area (TPSA) is 90.3 Å². The molecule has 0 saturated heterocycles. The van der Waals surface area contributed by atoms with E-state index in [2.05, 4.69) is 31.1 Å². The molecule has 0 atom stereocenters. The molecule has 1 fully saturated rings. The van der Waals surface area contributed by atoms with Crippen molar-refractivity contribution < 1.29 is 26.7 Å². The third-order valence-electron chi connectivity index (χ3n) is 5.77. The Hall–Kier alpha value is -1.72. The van der Waals surface area contributed by atoms with Gasteiger partial charge < -0.3 is 10.1 Å². The Morgan fingerprint density at radius 1 is 1.33 bits per heavy atom. The zero-order valence-corrected chi connectivity index (χ0v) is 21.3. The fourth-order valence-electron chi connectivity index (χ4n) is 4.04. The minimum Gasteiger partial charge on any atom is -0.434 e. The molecule has 1 aliphatic carbocycles. The number of nitrogens with zero attached hydrogens (tertiary/aromatic N) is 2. The van der Waals surface area contributed by atoms with Gasteiger partial charge in [-0.1, -0.05) is 27.5 Å². The number of ether oxygens (including phenoxy) is 1. The van der Waals surface area contributed by atoms with Gasteiger partial charge in [-0.3, -0.25) is 9.48 Å². The summed E-state index contributed by atoms with van der Waals surface area (Å²) >= 11 is 9.75. The highest BCUT2D eigenvalue weighted by atomic mass is 79.9. The van der Waals surface area contributed by atoms with E-state index in [0.717, 1.165) is 0 Å². The van der Waals surface area contributed by atoms with E-state index in [0.29, 0.717) is 48.9 Å². The highest BCUT2D eigenvalue weighted by Crippen LogP contribution is 2.39. The van der Waals surface area contributed by atoms with Gasteiger partial charge in [0.2, 0.25) is 0 Å². The molecule has 1 aromatic heterocycles. The first-order chi connectivity index (χ1) is 15.5. The van der Waals surface area contributed by atoms with E-state index in [1.54, 1.807) is 19.1 Å². The van der Waals surface area contributed by atoms with Gasteiger partial charge >= 0.3 is 6.61 Å². The summed E-state index contributed by atoms with van der Waals surface area (Å²) in [7, 11) is -3.05. The van der Waals surface area contributed by atoms with E-state index in [1.165, 1.54) is 17.0 Å². The fourth-order valence-corrected chi connectivity index (χ4v) is 5.83. The molecule has 1 amide bonds. The third kappa shape index (κ3) is 6.24. The zero-order valence-electron chi connectivity index (χ0n) is 18.2. The minimum absolute atomic E-state index is 0.00995. The number of aromatic nitrogens is 2. The van der Waals surface area contributed by atoms with Gasteiger partial charge in [0.25, 0.3) is 5.91 Å². The van der Waals surface area contributed by atoms with Crippen molar-refractivity contribution in [3.8, 4) is 17.0 Å². The second-order valence-corrected chi connectivity index (χ2v) is 11.6. The van der Waals surface area contributed by atoms with Gasteiger partial charge in [-0.2, -0.15) is 13.9 Å². The number of carbonyl (C=O) groups excluding carboxylic acids is 1. The predicted molar refractivity (Wildman–Crippen MR) is 126 cm³/mol. The van der Waals surface area contributed by atoms with Gasteiger partial charge in [-0.25, -0.2) is 8.42 Å². The Balaban J connectivity index is 1.78. The molecule has 0 spiro atoms. The van der Waals surface area contributed by atoms with Crippen molar-refractivity contribution in [1.82, 2.24) is 15.1 Å². The molecule has 0 unspecified atom stereocenters. The largest absolute Gasteiger partial charge is 0.434 e. The van der Waals surface area contributed by atoms with Crippen LogP contribution in [0.15, 0.2) is 22.7 Å². The molecular weight excluding hydrogens is 544 g/mol. The fraction of sp³-hybridized carbons (Fsp3) is 0.524. The van der Waals surface area contributed by atoms with Crippen molar-refractivity contribution in [3.05, 3.63) is 33.4 Å². The summed E-state index contributed by atoms with van der Waals surface area (Å²) in [5, 5.41) is 6.84. The van der Waals surface area contributed by atoms with E-state index in [4.69, 9.17) is 11.6 Å². The number of halogens is 4. The van der Waals surface area contributed by atoms with Crippen LogP contribution in [0.1, 0.15) is 43.1 Å². The highest BCUT2D eigenvalue weighted by Gasteiger charge is 2.29. The Morgan fingerprint density at radius 3 is 2.58 bits per heavy atom. The Bertz CT molecular complexity index is 1120. The van der Waals surface area contributed by atoms with Crippen molar-refractivity contribution in [3.63, 3.8) is 0 Å². The quantitative estimate of drug-likeness (QED) is 0.488. The minimum atomic E-state index is -3.05. The standard InChI is InChI=1S/C21H25BrClF2N3O4S/c1-3-28-19(15-9-6-13(22)10-16(15)32-21(24)25)17(23)18(27-28)20(29)26-11-12-4-7-14(8-5-12)33(2,30)31/h6,9-10,12,14,21H,3-5,7-8,11H2,1-2H3,(H,26,29)/t12-,14+. The Kier molecular flexibility index (Phi) is 8.39. The van der Waals surface area contributed by atoms with Gasteiger partial charge in [0.05, 0.1) is 16.0 Å². The zero-order chi connectivity index (χ0) is 24.3. The molecule has 1 heterocycles. The van der Waals surface area contributed by atoms with E-state index in [-0.39, 0.29) is 33.2 Å². The van der Waals surface area contributed by atoms with E-state index < -0.39 is 22.4 Å². The maximum Gasteiger partial charge on any atom is 0.387 e. The van der Waals surface area contributed by atoms with Crippen molar-refractivity contribution in [2.75, 3.05) is 12.8 Å². The van der Waals surface area contributed by atoms with E-state index in [1.807, 2.05) is 0 Å². The average Bonchev–Trinajstić information content (AvgIpc) is 3.08. The number of amides is 1. The third-order valence-corrected chi connectivity index (χ3v) is 8.31. The molecule has 3 rings (SSSR count). The van der Waals surface area contributed by atoms with E-state index in [9.17, 15) is 22.0 Å². The predicted octanol–water partition coefficient (Wildman–Crippen LogP) is 4.92. The maximum atomic E-state index is 12.9. The van der Waals surface area contributed by atoms with Crippen molar-refractivity contribution in [1.29, 1.82) is 0 Å². The molecule has 0 aliphatic heterocycles. The molecule has 1 N–H and O–H groups in total. The molecular formula is C21H25BrClF2N3O4S. The number of hydrogen-bond donors (Lipinski definition) is 1. The van der Waals surface area contributed by atoms with Gasteiger partial charge in [0.15, 0.2) is 5.69 Å². The van der Waals surface area contributed by atoms with Crippen LogP contribution in [0.5, 0.6) is 5.75 Å². The summed E-state index contributed by atoms with van der Waals surface area (Å²) in [4.78, 5) is 12.8. The first-order valence-corrected chi connectivity index (χ1v) is 13.6. The summed E-state index contributed by atoms with van der Waals surface area (Å²) in [6, 6.07) is 4.62. The number of nitrogens with one attached hydrogen (secondary N) is 1. The summed E-state index contributed by atoms with van der Waals surface area (Å²) < 4.78 is 56.0. The van der Waals surface area contributed by atoms with Crippen LogP contribution in [-0.2, 0) is 16.4 Å². The smallest absolute Gasteiger partial charge is 0.387 e. The van der Waals surface area contributed by atoms with Crippen LogP contribution < -0.4 is 10.1 Å². The molecule has 1 aliphatic rings. The number of sulfone groups is 1. The molecule has 0 radical (unpaired) electrons. The highest BCUT2D eigenvalue weighted by molar-refractivity contribution is 9.10. The summed E-state index contributed by atoms with van der Waals surface area (Å²) in [5.41, 5.74) is 0.585. The lowest BCUT2D eigenvalue weighted by molar-refractivity contribution is -0.0495. The van der Waals surface area contributed by atoms with Crippen molar-refractivity contribution in [2.24, 2.45) is 5.92 Å². The van der Waals surface area contributed by atoms with Crippen LogP contribution in [0, 0.1) is 5.92 Å². The maximum absolute atomic E-state index is 12.9. The summed E-state index contributed by atoms with van der Waals surface area (Å²) in [5.74, 6) is -0.409. The van der Waals surface area contributed by atoms with Crippen molar-refractivity contribution in [2.45, 2.75) is 51.0 Å². The number of benzene rings is 1. The monoisotopic (exact) mass is 567 g/mol. The first kappa shape index (κ1) is 25.9. The molecule has 33 heavy (non-hydrogen) atoms. The van der Waals surface area contributed by atoms with Gasteiger partial charge in [-0.05, 0) is 56.7 Å². The average molecular weight is 569 g/mol. The lowest BCUT2D eigenvalue weighted by atomic mass is 9.89.